The van der Waals surface area contributed by atoms with E-state index in [1.165, 1.54) is 0 Å². The number of hydrogen-bond donors (Lipinski definition) is 1. The lowest BCUT2D eigenvalue weighted by atomic mass is 9.96. The first-order valence-electron chi connectivity index (χ1n) is 12.3. The van der Waals surface area contributed by atoms with Crippen LogP contribution in [0.15, 0.2) is 67.0 Å². The smallest absolute Gasteiger partial charge is 0.310 e. The van der Waals surface area contributed by atoms with E-state index in [4.69, 9.17) is 4.74 Å². The van der Waals surface area contributed by atoms with E-state index < -0.39 is 0 Å². The second kappa shape index (κ2) is 11.6. The van der Waals surface area contributed by atoms with Gasteiger partial charge in [-0.05, 0) is 60.2 Å². The number of esters is 1. The summed E-state index contributed by atoms with van der Waals surface area (Å²) in [6, 6.07) is 17.3. The number of carbonyl (C=O) groups is 3. The number of nitrogens with one attached hydrogen (secondary N) is 1. The molecule has 0 bridgehead atoms. The second-order valence-electron chi connectivity index (χ2n) is 8.97. The van der Waals surface area contributed by atoms with Crippen LogP contribution in [-0.2, 0) is 33.8 Å². The molecular weight excluding hydrogens is 454 g/mol. The zero-order chi connectivity index (χ0) is 25.5. The van der Waals surface area contributed by atoms with E-state index in [9.17, 15) is 14.4 Å². The molecule has 186 valence electrons. The summed E-state index contributed by atoms with van der Waals surface area (Å²) >= 11 is 0. The van der Waals surface area contributed by atoms with Crippen molar-refractivity contribution in [2.75, 3.05) is 13.7 Å². The fourth-order valence-corrected chi connectivity index (χ4v) is 4.21. The molecule has 0 saturated heterocycles. The predicted octanol–water partition coefficient (Wildman–Crippen LogP) is 4.15. The number of pyridine rings is 1. The highest BCUT2D eigenvalue weighted by atomic mass is 16.5. The lowest BCUT2D eigenvalue weighted by molar-refractivity contribution is -0.142. The van der Waals surface area contributed by atoms with E-state index in [1.54, 1.807) is 32.4 Å². The predicted molar refractivity (Wildman–Crippen MR) is 137 cm³/mol. The van der Waals surface area contributed by atoms with Crippen LogP contribution in [0.4, 0.5) is 0 Å². The maximum Gasteiger partial charge on any atom is 0.310 e. The summed E-state index contributed by atoms with van der Waals surface area (Å²) in [4.78, 5) is 43.9. The van der Waals surface area contributed by atoms with Gasteiger partial charge in [0.15, 0.2) is 0 Å². The number of amides is 2. The summed E-state index contributed by atoms with van der Waals surface area (Å²) in [6.07, 6.45) is 5.33. The summed E-state index contributed by atoms with van der Waals surface area (Å²) < 4.78 is 5.08. The number of ether oxygens (including phenoxy) is 1. The van der Waals surface area contributed by atoms with Crippen molar-refractivity contribution >= 4 is 17.8 Å². The molecule has 0 spiro atoms. The van der Waals surface area contributed by atoms with Crippen molar-refractivity contribution in [1.82, 2.24) is 15.2 Å². The van der Waals surface area contributed by atoms with Gasteiger partial charge in [0.1, 0.15) is 0 Å². The fraction of sp³-hybridized carbons (Fsp3) is 0.310. The van der Waals surface area contributed by atoms with Crippen LogP contribution in [0.5, 0.6) is 0 Å². The van der Waals surface area contributed by atoms with Crippen LogP contribution >= 0.6 is 0 Å². The molecule has 1 N–H and O–H groups in total. The van der Waals surface area contributed by atoms with E-state index in [-0.39, 0.29) is 30.1 Å². The highest BCUT2D eigenvalue weighted by molar-refractivity contribution is 5.95. The van der Waals surface area contributed by atoms with E-state index >= 15 is 0 Å². The number of rotatable bonds is 10. The number of benzene rings is 2. The van der Waals surface area contributed by atoms with Crippen molar-refractivity contribution in [1.29, 1.82) is 0 Å². The molecule has 2 amide bonds. The summed E-state index contributed by atoms with van der Waals surface area (Å²) in [7, 11) is 1.59. The lowest BCUT2D eigenvalue weighted by Crippen LogP contribution is -2.31. The van der Waals surface area contributed by atoms with E-state index in [2.05, 4.69) is 10.3 Å². The van der Waals surface area contributed by atoms with Crippen LogP contribution < -0.4 is 5.32 Å². The molecule has 1 aliphatic carbocycles. The molecule has 7 heteroatoms. The Labute approximate surface area is 211 Å². The topological polar surface area (TPSA) is 88.6 Å². The van der Waals surface area contributed by atoms with Crippen LogP contribution in [0.3, 0.4) is 0 Å². The normalized spacial score (nSPS) is 12.6. The molecule has 1 aliphatic rings. The van der Waals surface area contributed by atoms with Crippen LogP contribution in [-0.4, -0.2) is 41.3 Å². The van der Waals surface area contributed by atoms with Crippen molar-refractivity contribution in [2.45, 2.75) is 39.3 Å². The minimum atomic E-state index is -0.310. The molecule has 1 heterocycles. The molecule has 0 radical (unpaired) electrons. The molecule has 2 aromatic carbocycles. The Balaban J connectivity index is 1.70. The zero-order valence-corrected chi connectivity index (χ0v) is 20.7. The summed E-state index contributed by atoms with van der Waals surface area (Å²) in [6.45, 7) is 2.94. The van der Waals surface area contributed by atoms with Crippen molar-refractivity contribution in [3.63, 3.8) is 0 Å². The molecule has 36 heavy (non-hydrogen) atoms. The minimum Gasteiger partial charge on any atom is -0.466 e. The Morgan fingerprint density at radius 3 is 2.47 bits per heavy atom. The largest absolute Gasteiger partial charge is 0.466 e. The van der Waals surface area contributed by atoms with Gasteiger partial charge in [-0.25, -0.2) is 0 Å². The van der Waals surface area contributed by atoms with Crippen molar-refractivity contribution in [2.24, 2.45) is 5.92 Å². The van der Waals surface area contributed by atoms with Gasteiger partial charge in [0.05, 0.1) is 13.0 Å². The molecule has 0 atom stereocenters. The third-order valence-corrected chi connectivity index (χ3v) is 6.17. The molecule has 4 rings (SSSR count). The van der Waals surface area contributed by atoms with Gasteiger partial charge in [-0.3, -0.25) is 19.4 Å². The SMILES string of the molecule is CCOC(=O)Cc1cncc(-c2ccc(C(=O)NC)cc2CN(Cc2ccccc2)C(=O)C2CC2)c1. The van der Waals surface area contributed by atoms with Gasteiger partial charge < -0.3 is 15.0 Å². The highest BCUT2D eigenvalue weighted by Gasteiger charge is 2.33. The number of carbonyl (C=O) groups excluding carboxylic acids is 3. The Morgan fingerprint density at radius 1 is 1.00 bits per heavy atom. The molecule has 1 fully saturated rings. The monoisotopic (exact) mass is 485 g/mol. The Bertz CT molecular complexity index is 1240. The minimum absolute atomic E-state index is 0.0638. The standard InChI is InChI=1S/C29H31N3O4/c1-3-36-27(33)14-21-13-24(17-31-16-21)26-12-11-23(28(34)30-2)15-25(26)19-32(29(35)22-9-10-22)18-20-7-5-4-6-8-20/h4-8,11-13,15-17,22H,3,9-10,14,18-19H2,1-2H3,(H,30,34). The van der Waals surface area contributed by atoms with Crippen LogP contribution in [0.1, 0.15) is 46.8 Å². The van der Waals surface area contributed by atoms with Crippen LogP contribution in [0, 0.1) is 5.92 Å². The Morgan fingerprint density at radius 2 is 1.78 bits per heavy atom. The van der Waals surface area contributed by atoms with E-state index in [0.29, 0.717) is 25.3 Å². The van der Waals surface area contributed by atoms with Crippen molar-refractivity contribution in [3.05, 3.63) is 89.2 Å². The van der Waals surface area contributed by atoms with Gasteiger partial charge in [-0.1, -0.05) is 36.4 Å². The van der Waals surface area contributed by atoms with Gasteiger partial charge in [0.2, 0.25) is 5.91 Å². The number of aromatic nitrogens is 1. The lowest BCUT2D eigenvalue weighted by Gasteiger charge is -2.25. The molecule has 1 aromatic heterocycles. The maximum absolute atomic E-state index is 13.3. The van der Waals surface area contributed by atoms with E-state index in [1.807, 2.05) is 53.4 Å². The molecule has 7 nitrogen and oxygen atoms in total. The molecule has 0 aliphatic heterocycles. The van der Waals surface area contributed by atoms with Gasteiger partial charge in [-0.2, -0.15) is 0 Å². The quantitative estimate of drug-likeness (QED) is 0.436. The Hall–Kier alpha value is -4.00. The first-order chi connectivity index (χ1) is 17.5. The average Bonchev–Trinajstić information content (AvgIpc) is 3.74. The fourth-order valence-electron chi connectivity index (χ4n) is 4.21. The number of hydrogen-bond acceptors (Lipinski definition) is 5. The van der Waals surface area contributed by atoms with Crippen LogP contribution in [0.25, 0.3) is 11.1 Å². The van der Waals surface area contributed by atoms with E-state index in [0.717, 1.165) is 40.7 Å². The van der Waals surface area contributed by atoms with Crippen molar-refractivity contribution < 1.29 is 19.1 Å². The first-order valence-corrected chi connectivity index (χ1v) is 12.3. The summed E-state index contributed by atoms with van der Waals surface area (Å²) in [5.74, 6) is -0.311. The molecule has 3 aromatic rings. The van der Waals surface area contributed by atoms with Crippen LogP contribution in [0.2, 0.25) is 0 Å². The Kier molecular flexibility index (Phi) is 8.10. The molecule has 0 unspecified atom stereocenters. The average molecular weight is 486 g/mol. The first kappa shape index (κ1) is 25.1. The van der Waals surface area contributed by atoms with Gasteiger partial charge in [0.25, 0.3) is 5.91 Å². The third kappa shape index (κ3) is 6.36. The van der Waals surface area contributed by atoms with Gasteiger partial charge in [-0.15, -0.1) is 0 Å². The number of nitrogens with zero attached hydrogens (tertiary/aromatic N) is 2. The molecule has 1 saturated carbocycles. The highest BCUT2D eigenvalue weighted by Crippen LogP contribution is 2.33. The second-order valence-corrected chi connectivity index (χ2v) is 8.97. The molecular formula is C29H31N3O4. The van der Waals surface area contributed by atoms with Gasteiger partial charge in [0, 0.05) is 49.6 Å². The summed E-state index contributed by atoms with van der Waals surface area (Å²) in [5, 5.41) is 2.67. The summed E-state index contributed by atoms with van der Waals surface area (Å²) in [5.41, 5.74) is 4.83. The van der Waals surface area contributed by atoms with Gasteiger partial charge >= 0.3 is 5.97 Å². The zero-order valence-electron chi connectivity index (χ0n) is 20.7. The third-order valence-electron chi connectivity index (χ3n) is 6.17. The van der Waals surface area contributed by atoms with Crippen molar-refractivity contribution in [3.8, 4) is 11.1 Å². The maximum atomic E-state index is 13.3.